The highest BCUT2D eigenvalue weighted by molar-refractivity contribution is 7.92. The quantitative estimate of drug-likeness (QED) is 0.354. The maximum Gasteiger partial charge on any atom is 0.262 e. The molecule has 0 amide bonds. The normalized spacial score (nSPS) is 11.6. The molecule has 0 radical (unpaired) electrons. The van der Waals surface area contributed by atoms with Crippen molar-refractivity contribution in [3.05, 3.63) is 76.3 Å². The van der Waals surface area contributed by atoms with Crippen molar-refractivity contribution >= 4 is 49.8 Å². The zero-order valence-electron chi connectivity index (χ0n) is 15.8. The second kappa shape index (κ2) is 8.03. The molecule has 1 aromatic heterocycles. The molecule has 4 rings (SSSR count). The monoisotopic (exact) mass is 482 g/mol. The summed E-state index contributed by atoms with van der Waals surface area (Å²) < 4.78 is 60.5. The molecule has 31 heavy (non-hydrogen) atoms. The number of hydrogen-bond acceptors (Lipinski definition) is 3. The average molecular weight is 483 g/mol. The van der Waals surface area contributed by atoms with Gasteiger partial charge in [0, 0.05) is 38.3 Å². The number of H-pyrrole nitrogens is 1. The van der Waals surface area contributed by atoms with Crippen LogP contribution in [0.3, 0.4) is 0 Å². The summed E-state index contributed by atoms with van der Waals surface area (Å²) in [6.45, 7) is 0. The maximum atomic E-state index is 13.5. The van der Waals surface area contributed by atoms with Gasteiger partial charge in [0.25, 0.3) is 10.0 Å². The van der Waals surface area contributed by atoms with Crippen LogP contribution in [0.2, 0.25) is 10.0 Å². The Labute approximate surface area is 186 Å². The van der Waals surface area contributed by atoms with Crippen molar-refractivity contribution in [3.8, 4) is 17.0 Å². The van der Waals surface area contributed by atoms with Gasteiger partial charge in [-0.3, -0.25) is 4.72 Å². The Hall–Kier alpha value is -2.81. The van der Waals surface area contributed by atoms with Gasteiger partial charge < -0.3 is 9.72 Å². The number of nitrogens with one attached hydrogen (secondary N) is 2. The van der Waals surface area contributed by atoms with E-state index in [9.17, 15) is 17.2 Å². The smallest absolute Gasteiger partial charge is 0.262 e. The van der Waals surface area contributed by atoms with E-state index in [-0.39, 0.29) is 26.4 Å². The van der Waals surface area contributed by atoms with Crippen LogP contribution in [0.15, 0.2) is 59.5 Å². The Morgan fingerprint density at radius 1 is 0.935 bits per heavy atom. The van der Waals surface area contributed by atoms with Crippen LogP contribution in [0.5, 0.6) is 5.75 Å². The first-order chi connectivity index (χ1) is 14.7. The third kappa shape index (κ3) is 4.32. The largest absolute Gasteiger partial charge is 0.495 e. The molecule has 0 fully saturated rings. The number of sulfonamides is 1. The highest BCUT2D eigenvalue weighted by Gasteiger charge is 2.19. The number of rotatable bonds is 5. The van der Waals surface area contributed by atoms with Gasteiger partial charge >= 0.3 is 0 Å². The number of ether oxygens (including phenoxy) is 1. The van der Waals surface area contributed by atoms with Gasteiger partial charge in [-0.25, -0.2) is 17.2 Å². The van der Waals surface area contributed by atoms with E-state index in [0.717, 1.165) is 12.1 Å². The topological polar surface area (TPSA) is 71.2 Å². The lowest BCUT2D eigenvalue weighted by Gasteiger charge is -2.13. The summed E-state index contributed by atoms with van der Waals surface area (Å²) in [5.41, 5.74) is 1.67. The highest BCUT2D eigenvalue weighted by Crippen LogP contribution is 2.34. The van der Waals surface area contributed by atoms with Crippen LogP contribution >= 0.6 is 23.2 Å². The van der Waals surface area contributed by atoms with Crippen LogP contribution < -0.4 is 9.46 Å². The van der Waals surface area contributed by atoms with Crippen LogP contribution in [0.1, 0.15) is 0 Å². The minimum atomic E-state index is -4.03. The van der Waals surface area contributed by atoms with E-state index >= 15 is 0 Å². The van der Waals surface area contributed by atoms with Crippen LogP contribution in [0.4, 0.5) is 14.5 Å². The predicted molar refractivity (Wildman–Crippen MR) is 117 cm³/mol. The number of hydrogen-bond donors (Lipinski definition) is 2. The third-order valence-electron chi connectivity index (χ3n) is 4.56. The number of benzene rings is 3. The first-order valence-electron chi connectivity index (χ1n) is 8.81. The molecule has 0 spiro atoms. The average Bonchev–Trinajstić information content (AvgIpc) is 3.10. The molecule has 5 nitrogen and oxygen atoms in total. The van der Waals surface area contributed by atoms with E-state index in [1.165, 1.54) is 25.3 Å². The number of anilines is 1. The fourth-order valence-corrected chi connectivity index (χ4v) is 4.91. The second-order valence-corrected chi connectivity index (χ2v) is 9.22. The molecular formula is C21H14Cl2F2N2O3S. The van der Waals surface area contributed by atoms with Crippen molar-refractivity contribution in [1.29, 1.82) is 0 Å². The third-order valence-corrected chi connectivity index (χ3v) is 6.34. The number of fused-ring (bicyclic) bond motifs is 1. The minimum absolute atomic E-state index is 0.117. The molecule has 0 saturated carbocycles. The first kappa shape index (κ1) is 21.4. The van der Waals surface area contributed by atoms with Crippen molar-refractivity contribution < 1.29 is 21.9 Å². The molecule has 10 heteroatoms. The zero-order chi connectivity index (χ0) is 22.3. The summed E-state index contributed by atoms with van der Waals surface area (Å²) in [4.78, 5) is 2.88. The molecular weight excluding hydrogens is 469 g/mol. The number of methoxy groups -OCH3 is 1. The SMILES string of the molecule is COc1ccc(-c2cc3cc(F)c(F)cc3[nH]2)cc1NS(=O)(=O)c1cc(Cl)cc(Cl)c1. The van der Waals surface area contributed by atoms with Crippen molar-refractivity contribution in [2.24, 2.45) is 0 Å². The Bertz CT molecular complexity index is 1360. The second-order valence-electron chi connectivity index (χ2n) is 6.66. The summed E-state index contributed by atoms with van der Waals surface area (Å²) >= 11 is 11.8. The predicted octanol–water partition coefficient (Wildman–Crippen LogP) is 6.23. The van der Waals surface area contributed by atoms with Gasteiger partial charge in [-0.05, 0) is 48.5 Å². The van der Waals surface area contributed by atoms with Gasteiger partial charge in [0.1, 0.15) is 5.75 Å². The number of aromatic nitrogens is 1. The minimum Gasteiger partial charge on any atom is -0.495 e. The Kier molecular flexibility index (Phi) is 5.55. The summed E-state index contributed by atoms with van der Waals surface area (Å²) in [5.74, 6) is -1.65. The fourth-order valence-electron chi connectivity index (χ4n) is 3.12. The Morgan fingerprint density at radius 2 is 1.61 bits per heavy atom. The van der Waals surface area contributed by atoms with E-state index in [1.54, 1.807) is 24.3 Å². The molecule has 2 N–H and O–H groups in total. The van der Waals surface area contributed by atoms with E-state index < -0.39 is 21.7 Å². The van der Waals surface area contributed by atoms with Gasteiger partial charge in [0.05, 0.1) is 17.7 Å². The summed E-state index contributed by atoms with van der Waals surface area (Å²) in [5, 5.41) is 0.817. The van der Waals surface area contributed by atoms with Gasteiger partial charge in [-0.2, -0.15) is 0 Å². The molecule has 1 heterocycles. The summed E-state index contributed by atoms with van der Waals surface area (Å²) in [6, 6.07) is 12.5. The molecule has 3 aromatic carbocycles. The first-order valence-corrected chi connectivity index (χ1v) is 11.1. The molecule has 160 valence electrons. The van der Waals surface area contributed by atoms with Gasteiger partial charge in [-0.1, -0.05) is 23.2 Å². The van der Waals surface area contributed by atoms with E-state index in [4.69, 9.17) is 27.9 Å². The van der Waals surface area contributed by atoms with Crippen LogP contribution in [0, 0.1) is 11.6 Å². The van der Waals surface area contributed by atoms with Crippen molar-refractivity contribution in [3.63, 3.8) is 0 Å². The Morgan fingerprint density at radius 3 is 2.29 bits per heavy atom. The van der Waals surface area contributed by atoms with Crippen LogP contribution in [0.25, 0.3) is 22.2 Å². The molecule has 4 aromatic rings. The molecule has 0 unspecified atom stereocenters. The van der Waals surface area contributed by atoms with Crippen molar-refractivity contribution in [2.75, 3.05) is 11.8 Å². The van der Waals surface area contributed by atoms with Crippen molar-refractivity contribution in [1.82, 2.24) is 4.98 Å². The van der Waals surface area contributed by atoms with E-state index in [0.29, 0.717) is 22.2 Å². The van der Waals surface area contributed by atoms with Gasteiger partial charge in [0.2, 0.25) is 0 Å². The van der Waals surface area contributed by atoms with Crippen LogP contribution in [-0.4, -0.2) is 20.5 Å². The fraction of sp³-hybridized carbons (Fsp3) is 0.0476. The number of halogens is 4. The lowest BCUT2D eigenvalue weighted by atomic mass is 10.1. The molecule has 0 saturated heterocycles. The summed E-state index contributed by atoms with van der Waals surface area (Å²) in [6.07, 6.45) is 0. The van der Waals surface area contributed by atoms with Gasteiger partial charge in [0.15, 0.2) is 11.6 Å². The lowest BCUT2D eigenvalue weighted by molar-refractivity contribution is 0.417. The van der Waals surface area contributed by atoms with Crippen molar-refractivity contribution in [2.45, 2.75) is 4.90 Å². The highest BCUT2D eigenvalue weighted by atomic mass is 35.5. The molecule has 0 atom stereocenters. The van der Waals surface area contributed by atoms with E-state index in [1.807, 2.05) is 0 Å². The lowest BCUT2D eigenvalue weighted by Crippen LogP contribution is -2.13. The molecule has 0 aliphatic carbocycles. The number of aromatic amines is 1. The molecule has 0 aliphatic heterocycles. The molecule has 0 bridgehead atoms. The maximum absolute atomic E-state index is 13.5. The summed E-state index contributed by atoms with van der Waals surface area (Å²) in [7, 11) is -2.63. The Balaban J connectivity index is 1.76. The zero-order valence-corrected chi connectivity index (χ0v) is 18.2. The molecule has 0 aliphatic rings. The van der Waals surface area contributed by atoms with Gasteiger partial charge in [-0.15, -0.1) is 0 Å². The van der Waals surface area contributed by atoms with Crippen LogP contribution in [-0.2, 0) is 10.0 Å². The standard InChI is InChI=1S/C21H14Cl2F2N2O3S/c1-30-21-3-2-11(18-6-12-4-16(24)17(25)10-19(12)26-18)5-20(21)27-31(28,29)15-8-13(22)7-14(23)9-15/h2-10,26-27H,1H3. The van der Waals surface area contributed by atoms with E-state index in [2.05, 4.69) is 9.71 Å².